The highest BCUT2D eigenvalue weighted by atomic mass is 16.6. The van der Waals surface area contributed by atoms with Gasteiger partial charge in [-0.3, -0.25) is 48.4 Å². The lowest BCUT2D eigenvalue weighted by Gasteiger charge is -2.34. The van der Waals surface area contributed by atoms with Crippen LogP contribution in [0.15, 0.2) is 0 Å². The zero-order chi connectivity index (χ0) is 62.9. The van der Waals surface area contributed by atoms with Gasteiger partial charge in [-0.2, -0.15) is 0 Å². The number of nitrogens with zero attached hydrogens (tertiary/aromatic N) is 4. The van der Waals surface area contributed by atoms with Gasteiger partial charge in [0.2, 0.25) is 11.8 Å². The van der Waals surface area contributed by atoms with Crippen molar-refractivity contribution in [3.05, 3.63) is 0 Å². The van der Waals surface area contributed by atoms with Crippen molar-refractivity contribution in [3.63, 3.8) is 0 Å². The van der Waals surface area contributed by atoms with Gasteiger partial charge in [-0.05, 0) is 170 Å². The molecule has 24 heteroatoms. The van der Waals surface area contributed by atoms with Gasteiger partial charge in [-0.15, -0.1) is 0 Å². The molecule has 0 saturated carbocycles. The van der Waals surface area contributed by atoms with Crippen LogP contribution >= 0.6 is 0 Å². The number of carbonyl (C=O) groups is 9. The molecule has 24 nitrogen and oxygen atoms in total. The van der Waals surface area contributed by atoms with Crippen LogP contribution in [-0.2, 0) is 66.8 Å². The van der Waals surface area contributed by atoms with Crippen LogP contribution in [0, 0.1) is 0 Å². The summed E-state index contributed by atoms with van der Waals surface area (Å²) in [7, 11) is 0. The molecule has 0 aliphatic carbocycles. The third-order valence-corrected chi connectivity index (χ3v) is 11.5. The molecule has 82 heavy (non-hydrogen) atoms. The number of nitrogens with one attached hydrogen (secondary N) is 4. The maximum absolute atomic E-state index is 13.5. The lowest BCUT2D eigenvalue weighted by atomic mass is 10.1. The first-order chi connectivity index (χ1) is 37.5. The van der Waals surface area contributed by atoms with Crippen LogP contribution in [0.1, 0.15) is 176 Å². The van der Waals surface area contributed by atoms with E-state index in [1.807, 2.05) is 40.4 Å². The van der Waals surface area contributed by atoms with Crippen molar-refractivity contribution < 1.29 is 71.6 Å². The summed E-state index contributed by atoms with van der Waals surface area (Å²) in [5.74, 6) is -3.78. The summed E-state index contributed by atoms with van der Waals surface area (Å²) in [6.45, 7) is 35.4. The third kappa shape index (κ3) is 39.3. The van der Waals surface area contributed by atoms with E-state index in [2.05, 4.69) is 21.3 Å². The van der Waals surface area contributed by atoms with E-state index in [1.54, 1.807) is 104 Å². The number of hydrogen-bond donors (Lipinski definition) is 5. The highest BCUT2D eigenvalue weighted by Crippen LogP contribution is 2.17. The van der Waals surface area contributed by atoms with E-state index in [0.29, 0.717) is 91.0 Å². The van der Waals surface area contributed by atoms with E-state index >= 15 is 0 Å². The number of urea groups is 1. The number of esters is 6. The Hall–Kier alpha value is -5.17. The Balaban J connectivity index is 2.92. The Bertz CT molecular complexity index is 2000. The van der Waals surface area contributed by atoms with E-state index < -0.39 is 87.6 Å². The smallest absolute Gasteiger partial charge is 0.329 e. The van der Waals surface area contributed by atoms with Crippen LogP contribution in [0.25, 0.3) is 0 Å². The fourth-order valence-corrected chi connectivity index (χ4v) is 8.06. The zero-order valence-electron chi connectivity index (χ0n) is 53.3. The quantitative estimate of drug-likeness (QED) is 0.0465. The summed E-state index contributed by atoms with van der Waals surface area (Å²) in [5, 5.41) is 11.0. The standard InChI is InChI=1S/C58H107N9O15/c1-53(2,3)77-45(69)26-25-43(51(75)82-58(16,17)18)63-52(76)62-42(50(74)81-57(13,14)15)24-20-22-28-61-49(73)41(59)23-19-21-27-60-44(68)37-64-29-31-65(38-46(70)78-54(4,5)6)33-35-67(40-48(72)80-56(10,11)12)36-34-66(32-30-64)39-47(71)79-55(7,8)9/h41-43H,19-40,59H2,1-18H3,(H,60,68)(H,61,73)(H2,62,63,76). The summed E-state index contributed by atoms with van der Waals surface area (Å²) < 4.78 is 33.4. The number of ether oxygens (including phenoxy) is 6. The largest absolute Gasteiger partial charge is 0.460 e. The highest BCUT2D eigenvalue weighted by molar-refractivity contribution is 5.88. The van der Waals surface area contributed by atoms with Crippen molar-refractivity contribution in [3.8, 4) is 0 Å². The van der Waals surface area contributed by atoms with Crippen LogP contribution in [0.5, 0.6) is 0 Å². The van der Waals surface area contributed by atoms with Crippen molar-refractivity contribution >= 4 is 53.7 Å². The average Bonchev–Trinajstić information content (AvgIpc) is 3.26. The second kappa shape index (κ2) is 34.6. The molecule has 1 aliphatic heterocycles. The van der Waals surface area contributed by atoms with Gasteiger partial charge >= 0.3 is 41.8 Å². The minimum atomic E-state index is -1.23. The van der Waals surface area contributed by atoms with Gasteiger partial charge in [0, 0.05) is 71.9 Å². The molecule has 1 saturated heterocycles. The Morgan fingerprint density at radius 2 is 0.695 bits per heavy atom. The first kappa shape index (κ1) is 74.8. The molecule has 474 valence electrons. The average molecular weight is 1170 g/mol. The number of rotatable bonds is 26. The molecule has 1 rings (SSSR count). The van der Waals surface area contributed by atoms with Crippen LogP contribution in [0.2, 0.25) is 0 Å². The van der Waals surface area contributed by atoms with Gasteiger partial charge in [0.1, 0.15) is 45.7 Å². The Morgan fingerprint density at radius 1 is 0.390 bits per heavy atom. The fourth-order valence-electron chi connectivity index (χ4n) is 8.06. The Morgan fingerprint density at radius 3 is 1.05 bits per heavy atom. The number of carbonyl (C=O) groups excluding carboxylic acids is 9. The lowest BCUT2D eigenvalue weighted by molar-refractivity contribution is -0.159. The normalized spacial score (nSPS) is 16.4. The minimum Gasteiger partial charge on any atom is -0.460 e. The summed E-state index contributed by atoms with van der Waals surface area (Å²) >= 11 is 0. The first-order valence-corrected chi connectivity index (χ1v) is 29.1. The van der Waals surface area contributed by atoms with Crippen molar-refractivity contribution in [1.29, 1.82) is 0 Å². The molecule has 0 radical (unpaired) electrons. The monoisotopic (exact) mass is 1170 g/mol. The van der Waals surface area contributed by atoms with Crippen molar-refractivity contribution in [2.75, 3.05) is 91.6 Å². The minimum absolute atomic E-state index is 0.00175. The topological polar surface area (TPSA) is 296 Å². The zero-order valence-corrected chi connectivity index (χ0v) is 53.3. The Kier molecular flexibility index (Phi) is 31.6. The molecule has 3 unspecified atom stereocenters. The van der Waals surface area contributed by atoms with Gasteiger partial charge in [0.05, 0.1) is 32.2 Å². The molecule has 4 amide bonds. The second-order valence-electron chi connectivity index (χ2n) is 27.0. The SMILES string of the molecule is CC(C)(C)OC(=O)CCC(NC(=O)NC(CCCCNC(=O)C(N)CCCCNC(=O)CN1CCN(CC(=O)OC(C)(C)C)CCN(CC(=O)OC(C)(C)C)CCN(CC(=O)OC(C)(C)C)CC1)C(=O)OC(C)(C)C)C(=O)OC(C)(C)C. The first-order valence-electron chi connectivity index (χ1n) is 29.1. The number of unbranched alkanes of at least 4 members (excludes halogenated alkanes) is 2. The van der Waals surface area contributed by atoms with Gasteiger partial charge in [0.25, 0.3) is 0 Å². The number of hydrogen-bond acceptors (Lipinski definition) is 20. The van der Waals surface area contributed by atoms with Crippen molar-refractivity contribution in [2.45, 2.75) is 228 Å². The molecule has 1 fully saturated rings. The molecule has 3 atom stereocenters. The summed E-state index contributed by atoms with van der Waals surface area (Å²) in [6.07, 6.45) is 2.10. The maximum atomic E-state index is 13.5. The molecule has 1 aliphatic rings. The van der Waals surface area contributed by atoms with Crippen LogP contribution in [0.3, 0.4) is 0 Å². The molecule has 0 aromatic rings. The predicted molar refractivity (Wildman–Crippen MR) is 311 cm³/mol. The van der Waals surface area contributed by atoms with Gasteiger partial charge in [-0.1, -0.05) is 0 Å². The highest BCUT2D eigenvalue weighted by Gasteiger charge is 2.32. The van der Waals surface area contributed by atoms with Crippen LogP contribution < -0.4 is 27.0 Å². The fraction of sp³-hybridized carbons (Fsp3) is 0.845. The van der Waals surface area contributed by atoms with Crippen LogP contribution in [0.4, 0.5) is 4.79 Å². The molecule has 6 N–H and O–H groups in total. The molecule has 1 heterocycles. The molecule has 0 aromatic heterocycles. The van der Waals surface area contributed by atoms with E-state index in [1.165, 1.54) is 0 Å². The summed E-state index contributed by atoms with van der Waals surface area (Å²) in [5.41, 5.74) is 1.69. The van der Waals surface area contributed by atoms with Gasteiger partial charge in [0.15, 0.2) is 0 Å². The predicted octanol–water partition coefficient (Wildman–Crippen LogP) is 3.98. The molecular weight excluding hydrogens is 1060 g/mol. The van der Waals surface area contributed by atoms with E-state index in [-0.39, 0.29) is 69.8 Å². The van der Waals surface area contributed by atoms with Gasteiger partial charge < -0.3 is 55.4 Å². The van der Waals surface area contributed by atoms with Gasteiger partial charge in [-0.25, -0.2) is 14.4 Å². The van der Waals surface area contributed by atoms with E-state index in [4.69, 9.17) is 34.2 Å². The van der Waals surface area contributed by atoms with E-state index in [9.17, 15) is 43.2 Å². The van der Waals surface area contributed by atoms with E-state index in [0.717, 1.165) is 0 Å². The Labute approximate surface area is 489 Å². The molecule has 0 spiro atoms. The lowest BCUT2D eigenvalue weighted by Crippen LogP contribution is -2.53. The molecule has 0 aromatic carbocycles. The number of amides is 4. The summed E-state index contributed by atoms with van der Waals surface area (Å²) in [4.78, 5) is 126. The van der Waals surface area contributed by atoms with Crippen LogP contribution in [-0.4, -0.2) is 217 Å². The molecule has 0 bridgehead atoms. The van der Waals surface area contributed by atoms with Crippen molar-refractivity contribution in [2.24, 2.45) is 5.73 Å². The second-order valence-corrected chi connectivity index (χ2v) is 27.0. The summed E-state index contributed by atoms with van der Waals surface area (Å²) in [6, 6.07) is -4.01. The molecular formula is C58H107N9O15. The number of nitrogens with two attached hydrogens (primary N) is 1. The maximum Gasteiger partial charge on any atom is 0.329 e. The van der Waals surface area contributed by atoms with Crippen molar-refractivity contribution in [1.82, 2.24) is 40.9 Å². The third-order valence-electron chi connectivity index (χ3n) is 11.5.